The van der Waals surface area contributed by atoms with Crippen molar-refractivity contribution in [3.8, 4) is 12.3 Å². The van der Waals surface area contributed by atoms with Gasteiger partial charge >= 0.3 is 0 Å². The van der Waals surface area contributed by atoms with Gasteiger partial charge in [0.05, 0.1) is 13.1 Å². The maximum absolute atomic E-state index is 11.3. The zero-order valence-corrected chi connectivity index (χ0v) is 9.26. The maximum Gasteiger partial charge on any atom is 0.234 e. The molecule has 80 valence electrons. The van der Waals surface area contributed by atoms with E-state index in [0.29, 0.717) is 19.0 Å². The van der Waals surface area contributed by atoms with Crippen molar-refractivity contribution in [3.05, 3.63) is 0 Å². The summed E-state index contributed by atoms with van der Waals surface area (Å²) >= 11 is 0. The Morgan fingerprint density at radius 1 is 1.50 bits per heavy atom. The second-order valence-corrected chi connectivity index (χ2v) is 3.55. The smallest absolute Gasteiger partial charge is 0.234 e. The number of rotatable bonds is 6. The third-order valence-electron chi connectivity index (χ3n) is 2.40. The molecule has 2 atom stereocenters. The molecule has 0 saturated heterocycles. The van der Waals surface area contributed by atoms with Gasteiger partial charge in [-0.2, -0.15) is 0 Å². The Kier molecular flexibility index (Phi) is 6.87. The molecule has 2 N–H and O–H groups in total. The minimum atomic E-state index is 0.00745. The molecule has 2 unspecified atom stereocenters. The molecular formula is C11H20N2O. The van der Waals surface area contributed by atoms with E-state index < -0.39 is 0 Å². The number of amides is 1. The van der Waals surface area contributed by atoms with E-state index in [1.165, 1.54) is 0 Å². The van der Waals surface area contributed by atoms with E-state index in [9.17, 15) is 4.79 Å². The van der Waals surface area contributed by atoms with Gasteiger partial charge in [0, 0.05) is 6.04 Å². The molecule has 0 heterocycles. The Balaban J connectivity index is 3.66. The zero-order chi connectivity index (χ0) is 11.0. The van der Waals surface area contributed by atoms with Crippen LogP contribution in [0.4, 0.5) is 0 Å². The van der Waals surface area contributed by atoms with Gasteiger partial charge in [0.1, 0.15) is 0 Å². The largest absolute Gasteiger partial charge is 0.352 e. The second kappa shape index (κ2) is 7.40. The summed E-state index contributed by atoms with van der Waals surface area (Å²) in [7, 11) is 0. The van der Waals surface area contributed by atoms with Gasteiger partial charge in [-0.05, 0) is 12.8 Å². The van der Waals surface area contributed by atoms with Gasteiger partial charge in [-0.25, -0.2) is 0 Å². The van der Waals surface area contributed by atoms with Crippen molar-refractivity contribution in [2.24, 2.45) is 5.92 Å². The first-order valence-electron chi connectivity index (χ1n) is 5.05. The van der Waals surface area contributed by atoms with Crippen LogP contribution in [-0.4, -0.2) is 25.0 Å². The molecule has 1 amide bonds. The molecule has 0 aromatic heterocycles. The van der Waals surface area contributed by atoms with Crippen LogP contribution in [0.5, 0.6) is 0 Å². The van der Waals surface area contributed by atoms with E-state index in [2.05, 4.69) is 30.4 Å². The summed E-state index contributed by atoms with van der Waals surface area (Å²) in [5.41, 5.74) is 0. The van der Waals surface area contributed by atoms with Crippen LogP contribution >= 0.6 is 0 Å². The summed E-state index contributed by atoms with van der Waals surface area (Å²) in [5.74, 6) is 2.93. The molecule has 0 fully saturated rings. The number of nitrogens with one attached hydrogen (secondary N) is 2. The first kappa shape index (κ1) is 13.0. The Morgan fingerprint density at radius 3 is 2.64 bits per heavy atom. The summed E-state index contributed by atoms with van der Waals surface area (Å²) in [6.45, 7) is 6.99. The number of hydrogen-bond acceptors (Lipinski definition) is 2. The number of hydrogen-bond donors (Lipinski definition) is 2. The van der Waals surface area contributed by atoms with Crippen molar-refractivity contribution in [2.75, 3.05) is 13.1 Å². The highest BCUT2D eigenvalue weighted by Gasteiger charge is 2.12. The van der Waals surface area contributed by atoms with Crippen LogP contribution in [0.2, 0.25) is 0 Å². The topological polar surface area (TPSA) is 41.1 Å². The summed E-state index contributed by atoms with van der Waals surface area (Å²) in [5, 5.41) is 5.77. The SMILES string of the molecule is C#CCNCC(=O)NC(C)C(C)CC. The van der Waals surface area contributed by atoms with Crippen LogP contribution in [0, 0.1) is 18.3 Å². The molecule has 3 nitrogen and oxygen atoms in total. The van der Waals surface area contributed by atoms with Gasteiger partial charge in [0.15, 0.2) is 0 Å². The van der Waals surface area contributed by atoms with Crippen molar-refractivity contribution in [3.63, 3.8) is 0 Å². The highest BCUT2D eigenvalue weighted by atomic mass is 16.1. The van der Waals surface area contributed by atoms with Gasteiger partial charge in [-0.3, -0.25) is 10.1 Å². The monoisotopic (exact) mass is 196 g/mol. The fourth-order valence-electron chi connectivity index (χ4n) is 1.05. The van der Waals surface area contributed by atoms with Crippen molar-refractivity contribution < 1.29 is 4.79 Å². The van der Waals surface area contributed by atoms with E-state index in [1.807, 2.05) is 6.92 Å². The fourth-order valence-corrected chi connectivity index (χ4v) is 1.05. The van der Waals surface area contributed by atoms with Gasteiger partial charge in [0.2, 0.25) is 5.91 Å². The van der Waals surface area contributed by atoms with Crippen LogP contribution in [0.15, 0.2) is 0 Å². The highest BCUT2D eigenvalue weighted by Crippen LogP contribution is 2.05. The Bertz CT molecular complexity index is 208. The molecule has 0 aliphatic heterocycles. The molecule has 0 rings (SSSR count). The zero-order valence-electron chi connectivity index (χ0n) is 9.26. The number of carbonyl (C=O) groups excluding carboxylic acids is 1. The molecule has 0 aliphatic rings. The summed E-state index contributed by atoms with van der Waals surface area (Å²) in [6.07, 6.45) is 6.11. The lowest BCUT2D eigenvalue weighted by atomic mass is 10.0. The molecule has 14 heavy (non-hydrogen) atoms. The second-order valence-electron chi connectivity index (χ2n) is 3.55. The van der Waals surface area contributed by atoms with E-state index in [4.69, 9.17) is 6.42 Å². The van der Waals surface area contributed by atoms with Gasteiger partial charge in [-0.15, -0.1) is 6.42 Å². The number of carbonyl (C=O) groups is 1. The average Bonchev–Trinajstić information content (AvgIpc) is 2.16. The summed E-state index contributed by atoms with van der Waals surface area (Å²) in [6, 6.07) is 0.222. The summed E-state index contributed by atoms with van der Waals surface area (Å²) in [4.78, 5) is 11.3. The Labute approximate surface area is 86.6 Å². The predicted octanol–water partition coefficient (Wildman–Crippen LogP) is 0.760. The minimum Gasteiger partial charge on any atom is -0.352 e. The lowest BCUT2D eigenvalue weighted by Gasteiger charge is -2.19. The van der Waals surface area contributed by atoms with E-state index >= 15 is 0 Å². The van der Waals surface area contributed by atoms with E-state index in [1.54, 1.807) is 0 Å². The quantitative estimate of drug-likeness (QED) is 0.486. The standard InChI is InChI=1S/C11H20N2O/c1-5-7-12-8-11(14)13-10(4)9(3)6-2/h1,9-10,12H,6-8H2,2-4H3,(H,13,14). The molecule has 0 aromatic carbocycles. The van der Waals surface area contributed by atoms with Crippen LogP contribution in [0.1, 0.15) is 27.2 Å². The number of terminal acetylenes is 1. The van der Waals surface area contributed by atoms with Crippen molar-refractivity contribution >= 4 is 5.91 Å². The van der Waals surface area contributed by atoms with Gasteiger partial charge in [-0.1, -0.05) is 26.2 Å². The summed E-state index contributed by atoms with van der Waals surface area (Å²) < 4.78 is 0. The molecule has 0 bridgehead atoms. The van der Waals surface area contributed by atoms with Crippen molar-refractivity contribution in [1.82, 2.24) is 10.6 Å². The van der Waals surface area contributed by atoms with E-state index in [0.717, 1.165) is 6.42 Å². The fraction of sp³-hybridized carbons (Fsp3) is 0.727. The lowest BCUT2D eigenvalue weighted by Crippen LogP contribution is -2.41. The third-order valence-corrected chi connectivity index (χ3v) is 2.40. The van der Waals surface area contributed by atoms with Crippen LogP contribution < -0.4 is 10.6 Å². The van der Waals surface area contributed by atoms with Gasteiger partial charge in [0.25, 0.3) is 0 Å². The predicted molar refractivity (Wildman–Crippen MR) is 58.8 cm³/mol. The van der Waals surface area contributed by atoms with Crippen LogP contribution in [-0.2, 0) is 4.79 Å². The third kappa shape index (κ3) is 5.60. The molecule has 0 radical (unpaired) electrons. The van der Waals surface area contributed by atoms with Crippen molar-refractivity contribution in [1.29, 1.82) is 0 Å². The van der Waals surface area contributed by atoms with Crippen LogP contribution in [0.25, 0.3) is 0 Å². The van der Waals surface area contributed by atoms with Gasteiger partial charge < -0.3 is 5.32 Å². The highest BCUT2D eigenvalue weighted by molar-refractivity contribution is 5.78. The molecule has 0 aliphatic carbocycles. The molecule has 3 heteroatoms. The van der Waals surface area contributed by atoms with Crippen molar-refractivity contribution in [2.45, 2.75) is 33.2 Å². The average molecular weight is 196 g/mol. The maximum atomic E-state index is 11.3. The Hall–Kier alpha value is -1.01. The molecule has 0 saturated carbocycles. The lowest BCUT2D eigenvalue weighted by molar-refractivity contribution is -0.121. The molecular weight excluding hydrogens is 176 g/mol. The Morgan fingerprint density at radius 2 is 2.14 bits per heavy atom. The normalized spacial score (nSPS) is 14.1. The molecule has 0 spiro atoms. The van der Waals surface area contributed by atoms with E-state index in [-0.39, 0.29) is 11.9 Å². The molecule has 0 aromatic rings. The minimum absolute atomic E-state index is 0.00745. The van der Waals surface area contributed by atoms with Crippen LogP contribution in [0.3, 0.4) is 0 Å². The first-order valence-corrected chi connectivity index (χ1v) is 5.05. The first-order chi connectivity index (χ1) is 6.61.